The Morgan fingerprint density at radius 3 is 2.48 bits per heavy atom. The maximum Gasteiger partial charge on any atom is 0.256 e. The van der Waals surface area contributed by atoms with E-state index in [0.717, 1.165) is 10.0 Å². The smallest absolute Gasteiger partial charge is 0.256 e. The Morgan fingerprint density at radius 1 is 1.30 bits per heavy atom. The SMILES string of the molecule is Cc1nn(CC(C)C)c(Cl)c1C(=O)NC(C)c1ccc(Br)cc1. The maximum absolute atomic E-state index is 12.6. The first-order chi connectivity index (χ1) is 10.8. The highest BCUT2D eigenvalue weighted by atomic mass is 79.9. The number of carbonyl (C=O) groups excluding carboxylic acids is 1. The lowest BCUT2D eigenvalue weighted by Gasteiger charge is -2.14. The summed E-state index contributed by atoms with van der Waals surface area (Å²) in [5, 5.41) is 7.77. The fraction of sp³-hybridized carbons (Fsp3) is 0.412. The first-order valence-electron chi connectivity index (χ1n) is 7.58. The third-order valence-corrected chi connectivity index (χ3v) is 4.46. The Balaban J connectivity index is 2.17. The van der Waals surface area contributed by atoms with Gasteiger partial charge in [-0.05, 0) is 37.5 Å². The van der Waals surface area contributed by atoms with Crippen LogP contribution in [-0.4, -0.2) is 15.7 Å². The van der Waals surface area contributed by atoms with Gasteiger partial charge < -0.3 is 5.32 Å². The van der Waals surface area contributed by atoms with Crippen molar-refractivity contribution in [2.75, 3.05) is 0 Å². The van der Waals surface area contributed by atoms with Crippen molar-refractivity contribution in [3.05, 3.63) is 50.7 Å². The van der Waals surface area contributed by atoms with E-state index in [9.17, 15) is 4.79 Å². The summed E-state index contributed by atoms with van der Waals surface area (Å²) < 4.78 is 2.70. The summed E-state index contributed by atoms with van der Waals surface area (Å²) >= 11 is 9.76. The van der Waals surface area contributed by atoms with E-state index < -0.39 is 0 Å². The lowest BCUT2D eigenvalue weighted by molar-refractivity contribution is 0.0939. The number of halogens is 2. The topological polar surface area (TPSA) is 46.9 Å². The number of hydrogen-bond acceptors (Lipinski definition) is 2. The molecule has 1 unspecified atom stereocenters. The fourth-order valence-electron chi connectivity index (χ4n) is 2.38. The second-order valence-corrected chi connectivity index (χ2v) is 7.35. The number of nitrogens with one attached hydrogen (secondary N) is 1. The van der Waals surface area contributed by atoms with E-state index in [0.29, 0.717) is 28.9 Å². The van der Waals surface area contributed by atoms with E-state index in [2.05, 4.69) is 40.2 Å². The molecule has 0 bridgehead atoms. The van der Waals surface area contributed by atoms with Crippen LogP contribution in [0.25, 0.3) is 0 Å². The molecule has 1 aromatic carbocycles. The van der Waals surface area contributed by atoms with Crippen LogP contribution < -0.4 is 5.32 Å². The van der Waals surface area contributed by atoms with Crippen LogP contribution >= 0.6 is 27.5 Å². The Kier molecular flexibility index (Phi) is 5.87. The molecule has 6 heteroatoms. The fourth-order valence-corrected chi connectivity index (χ4v) is 2.98. The Morgan fingerprint density at radius 2 is 1.91 bits per heavy atom. The van der Waals surface area contributed by atoms with E-state index in [1.807, 2.05) is 38.1 Å². The van der Waals surface area contributed by atoms with Gasteiger partial charge in [0.2, 0.25) is 0 Å². The molecule has 23 heavy (non-hydrogen) atoms. The number of nitrogens with zero attached hydrogens (tertiary/aromatic N) is 2. The van der Waals surface area contributed by atoms with E-state index in [-0.39, 0.29) is 11.9 Å². The van der Waals surface area contributed by atoms with Crippen molar-refractivity contribution in [1.82, 2.24) is 15.1 Å². The maximum atomic E-state index is 12.6. The number of aryl methyl sites for hydroxylation is 1. The highest BCUT2D eigenvalue weighted by Crippen LogP contribution is 2.23. The van der Waals surface area contributed by atoms with Crippen LogP contribution in [0.3, 0.4) is 0 Å². The average Bonchev–Trinajstić information content (AvgIpc) is 2.73. The molecule has 0 aliphatic heterocycles. The Hall–Kier alpha value is -1.33. The zero-order valence-corrected chi connectivity index (χ0v) is 16.1. The van der Waals surface area contributed by atoms with E-state index in [1.54, 1.807) is 4.68 Å². The number of benzene rings is 1. The van der Waals surface area contributed by atoms with Gasteiger partial charge in [0, 0.05) is 11.0 Å². The summed E-state index contributed by atoms with van der Waals surface area (Å²) in [5.41, 5.74) is 2.14. The second kappa shape index (κ2) is 7.49. The van der Waals surface area contributed by atoms with Crippen LogP contribution in [0, 0.1) is 12.8 Å². The van der Waals surface area contributed by atoms with Crippen LogP contribution in [0.4, 0.5) is 0 Å². The van der Waals surface area contributed by atoms with Gasteiger partial charge in [0.25, 0.3) is 5.91 Å². The summed E-state index contributed by atoms with van der Waals surface area (Å²) in [4.78, 5) is 12.6. The van der Waals surface area contributed by atoms with Crippen LogP contribution in [0.2, 0.25) is 5.15 Å². The molecule has 1 amide bonds. The van der Waals surface area contributed by atoms with E-state index >= 15 is 0 Å². The van der Waals surface area contributed by atoms with E-state index in [4.69, 9.17) is 11.6 Å². The van der Waals surface area contributed by atoms with Gasteiger partial charge in [-0.25, -0.2) is 0 Å². The molecule has 0 spiro atoms. The van der Waals surface area contributed by atoms with Crippen molar-refractivity contribution in [2.45, 2.75) is 40.3 Å². The van der Waals surface area contributed by atoms with Gasteiger partial charge in [0.1, 0.15) is 5.15 Å². The molecule has 1 aromatic heterocycles. The first kappa shape index (κ1) is 18.0. The van der Waals surface area contributed by atoms with Gasteiger partial charge in [-0.15, -0.1) is 0 Å². The first-order valence-corrected chi connectivity index (χ1v) is 8.76. The van der Waals surface area contributed by atoms with Crippen molar-refractivity contribution in [3.8, 4) is 0 Å². The highest BCUT2D eigenvalue weighted by Gasteiger charge is 2.22. The minimum Gasteiger partial charge on any atom is -0.345 e. The molecule has 0 aliphatic carbocycles. The number of hydrogen-bond donors (Lipinski definition) is 1. The quantitative estimate of drug-likeness (QED) is 0.789. The third-order valence-electron chi connectivity index (χ3n) is 3.55. The van der Waals surface area contributed by atoms with Gasteiger partial charge in [0.05, 0.1) is 17.3 Å². The molecule has 2 rings (SSSR count). The number of carbonyl (C=O) groups is 1. The number of rotatable bonds is 5. The van der Waals surface area contributed by atoms with Gasteiger partial charge >= 0.3 is 0 Å². The highest BCUT2D eigenvalue weighted by molar-refractivity contribution is 9.10. The van der Waals surface area contributed by atoms with Gasteiger partial charge in [0.15, 0.2) is 0 Å². The molecule has 0 radical (unpaired) electrons. The zero-order valence-electron chi connectivity index (χ0n) is 13.7. The van der Waals surface area contributed by atoms with Crippen LogP contribution in [0.1, 0.15) is 48.4 Å². The van der Waals surface area contributed by atoms with Crippen molar-refractivity contribution in [3.63, 3.8) is 0 Å². The summed E-state index contributed by atoms with van der Waals surface area (Å²) in [5.74, 6) is 0.210. The minimum absolute atomic E-state index is 0.112. The number of amides is 1. The molecule has 4 nitrogen and oxygen atoms in total. The normalized spacial score (nSPS) is 12.5. The second-order valence-electron chi connectivity index (χ2n) is 6.07. The largest absolute Gasteiger partial charge is 0.345 e. The van der Waals surface area contributed by atoms with E-state index in [1.165, 1.54) is 0 Å². The monoisotopic (exact) mass is 397 g/mol. The van der Waals surface area contributed by atoms with Crippen LogP contribution in [0.15, 0.2) is 28.7 Å². The van der Waals surface area contributed by atoms with Crippen molar-refractivity contribution in [2.24, 2.45) is 5.92 Å². The Labute approximate surface area is 150 Å². The summed E-state index contributed by atoms with van der Waals surface area (Å²) in [6.45, 7) is 8.62. The van der Waals surface area contributed by atoms with Gasteiger partial charge in [-0.2, -0.15) is 5.10 Å². The molecule has 1 heterocycles. The molecule has 0 aliphatic rings. The zero-order chi connectivity index (χ0) is 17.1. The third kappa shape index (κ3) is 4.36. The molecule has 0 fully saturated rings. The van der Waals surface area contributed by atoms with Crippen molar-refractivity contribution < 1.29 is 4.79 Å². The van der Waals surface area contributed by atoms with Crippen molar-refractivity contribution >= 4 is 33.4 Å². The molecule has 1 N–H and O–H groups in total. The molecule has 0 saturated heterocycles. The standard InChI is InChI=1S/C17H21BrClN3O/c1-10(2)9-22-16(19)15(12(4)21-22)17(23)20-11(3)13-5-7-14(18)8-6-13/h5-8,10-11H,9H2,1-4H3,(H,20,23). The summed E-state index contributed by atoms with van der Waals surface area (Å²) in [6.07, 6.45) is 0. The Bertz CT molecular complexity index is 695. The minimum atomic E-state index is -0.196. The van der Waals surface area contributed by atoms with Crippen LogP contribution in [-0.2, 0) is 6.54 Å². The molecular formula is C17H21BrClN3O. The molecule has 124 valence electrons. The molecule has 1 atom stereocenters. The van der Waals surface area contributed by atoms with Crippen molar-refractivity contribution in [1.29, 1.82) is 0 Å². The van der Waals surface area contributed by atoms with Gasteiger partial charge in [-0.1, -0.05) is 53.5 Å². The molecule has 0 saturated carbocycles. The number of aromatic nitrogens is 2. The lowest BCUT2D eigenvalue weighted by Crippen LogP contribution is -2.27. The summed E-state index contributed by atoms with van der Waals surface area (Å²) in [6, 6.07) is 7.75. The molecule has 2 aromatic rings. The van der Waals surface area contributed by atoms with Crippen LogP contribution in [0.5, 0.6) is 0 Å². The predicted molar refractivity (Wildman–Crippen MR) is 96.8 cm³/mol. The lowest BCUT2D eigenvalue weighted by atomic mass is 10.1. The van der Waals surface area contributed by atoms with Gasteiger partial charge in [-0.3, -0.25) is 9.48 Å². The summed E-state index contributed by atoms with van der Waals surface area (Å²) in [7, 11) is 0. The molecular weight excluding hydrogens is 378 g/mol. The predicted octanol–water partition coefficient (Wildman–Crippen LogP) is 4.75. The average molecular weight is 399 g/mol.